The van der Waals surface area contributed by atoms with Crippen LogP contribution in [0, 0.1) is 11.7 Å². The number of carbonyl (C=O) groups is 2. The van der Waals surface area contributed by atoms with Crippen LogP contribution < -0.4 is 5.32 Å². The maximum absolute atomic E-state index is 14.3. The molecular formula is C17H21FN2O3. The van der Waals surface area contributed by atoms with Gasteiger partial charge in [-0.25, -0.2) is 4.39 Å². The number of halogens is 1. The van der Waals surface area contributed by atoms with E-state index in [9.17, 15) is 19.1 Å². The van der Waals surface area contributed by atoms with E-state index < -0.39 is 5.82 Å². The highest BCUT2D eigenvalue weighted by molar-refractivity contribution is 5.98. The molecule has 1 aromatic rings. The van der Waals surface area contributed by atoms with Gasteiger partial charge in [0.15, 0.2) is 0 Å². The summed E-state index contributed by atoms with van der Waals surface area (Å²) in [6.45, 7) is 0.424. The highest BCUT2D eigenvalue weighted by atomic mass is 19.1. The van der Waals surface area contributed by atoms with Crippen molar-refractivity contribution in [2.45, 2.75) is 38.2 Å². The largest absolute Gasteiger partial charge is 0.393 e. The fourth-order valence-electron chi connectivity index (χ4n) is 3.44. The van der Waals surface area contributed by atoms with Crippen LogP contribution in [0.15, 0.2) is 12.1 Å². The molecule has 2 atom stereocenters. The van der Waals surface area contributed by atoms with E-state index >= 15 is 0 Å². The Hall–Kier alpha value is -1.95. The second-order valence-corrected chi connectivity index (χ2v) is 6.48. The summed E-state index contributed by atoms with van der Waals surface area (Å²) in [5, 5.41) is 12.5. The number of fused-ring (bicyclic) bond motifs is 1. The Morgan fingerprint density at radius 2 is 2.17 bits per heavy atom. The quantitative estimate of drug-likeness (QED) is 0.894. The third kappa shape index (κ3) is 3.22. The first-order valence-corrected chi connectivity index (χ1v) is 8.01. The molecule has 1 fully saturated rings. The minimum Gasteiger partial charge on any atom is -0.393 e. The zero-order valence-electron chi connectivity index (χ0n) is 13.1. The van der Waals surface area contributed by atoms with E-state index in [0.717, 1.165) is 24.8 Å². The Kier molecular flexibility index (Phi) is 4.35. The molecule has 0 saturated heterocycles. The Morgan fingerprint density at radius 3 is 2.87 bits per heavy atom. The molecule has 6 heteroatoms. The molecule has 2 amide bonds. The van der Waals surface area contributed by atoms with E-state index in [-0.39, 0.29) is 29.4 Å². The van der Waals surface area contributed by atoms with Crippen LogP contribution in [-0.4, -0.2) is 41.5 Å². The summed E-state index contributed by atoms with van der Waals surface area (Å²) in [4.78, 5) is 25.4. The summed E-state index contributed by atoms with van der Waals surface area (Å²) < 4.78 is 14.3. The predicted molar refractivity (Wildman–Crippen MR) is 83.7 cm³/mol. The summed E-state index contributed by atoms with van der Waals surface area (Å²) in [5.74, 6) is -1.09. The van der Waals surface area contributed by atoms with E-state index in [1.165, 1.54) is 17.0 Å². The summed E-state index contributed by atoms with van der Waals surface area (Å²) in [7, 11) is 1.63. The molecular weight excluding hydrogens is 299 g/mol. The number of nitrogens with one attached hydrogen (secondary N) is 1. The van der Waals surface area contributed by atoms with E-state index in [1.807, 2.05) is 0 Å². The highest BCUT2D eigenvalue weighted by Crippen LogP contribution is 2.28. The molecule has 5 nitrogen and oxygen atoms in total. The van der Waals surface area contributed by atoms with Crippen molar-refractivity contribution >= 4 is 17.5 Å². The molecule has 0 spiro atoms. The second-order valence-electron chi connectivity index (χ2n) is 6.48. The lowest BCUT2D eigenvalue weighted by Crippen LogP contribution is -2.35. The minimum absolute atomic E-state index is 0.0230. The van der Waals surface area contributed by atoms with Crippen molar-refractivity contribution in [2.75, 3.05) is 18.9 Å². The van der Waals surface area contributed by atoms with Crippen LogP contribution in [0.2, 0.25) is 0 Å². The number of hydrogen-bond donors (Lipinski definition) is 2. The van der Waals surface area contributed by atoms with Gasteiger partial charge in [-0.1, -0.05) is 6.42 Å². The van der Waals surface area contributed by atoms with E-state index in [4.69, 9.17) is 0 Å². The average Bonchev–Trinajstić information content (AvgIpc) is 2.91. The smallest absolute Gasteiger partial charge is 0.256 e. The van der Waals surface area contributed by atoms with Crippen molar-refractivity contribution in [3.05, 3.63) is 29.1 Å². The molecule has 1 aliphatic heterocycles. The summed E-state index contributed by atoms with van der Waals surface area (Å²) in [6, 6.07) is 2.76. The summed E-state index contributed by atoms with van der Waals surface area (Å²) >= 11 is 0. The fraction of sp³-hybridized carbons (Fsp3) is 0.529. The molecule has 0 radical (unpaired) electrons. The Bertz CT molecular complexity index is 647. The number of rotatable bonds is 3. The van der Waals surface area contributed by atoms with Crippen molar-refractivity contribution in [2.24, 2.45) is 5.92 Å². The summed E-state index contributed by atoms with van der Waals surface area (Å²) in [6.07, 6.45) is 3.08. The van der Waals surface area contributed by atoms with Crippen molar-refractivity contribution in [1.82, 2.24) is 4.90 Å². The van der Waals surface area contributed by atoms with Crippen molar-refractivity contribution in [3.8, 4) is 0 Å². The van der Waals surface area contributed by atoms with Gasteiger partial charge in [-0.3, -0.25) is 9.59 Å². The number of amides is 2. The molecule has 2 aliphatic rings. The Morgan fingerprint density at radius 1 is 1.39 bits per heavy atom. The third-order valence-corrected chi connectivity index (χ3v) is 4.79. The molecule has 1 aromatic carbocycles. The van der Waals surface area contributed by atoms with Crippen molar-refractivity contribution in [3.63, 3.8) is 0 Å². The van der Waals surface area contributed by atoms with Crippen molar-refractivity contribution in [1.29, 1.82) is 0 Å². The van der Waals surface area contributed by atoms with Crippen molar-refractivity contribution < 1.29 is 19.1 Å². The number of aryl methyl sites for hydroxylation is 1. The van der Waals surface area contributed by atoms with Crippen LogP contribution in [0.1, 0.15) is 41.6 Å². The summed E-state index contributed by atoms with van der Waals surface area (Å²) in [5.41, 5.74) is 1.25. The lowest BCUT2D eigenvalue weighted by molar-refractivity contribution is -0.116. The van der Waals surface area contributed by atoms with Gasteiger partial charge in [-0.2, -0.15) is 0 Å². The van der Waals surface area contributed by atoms with Gasteiger partial charge in [0.2, 0.25) is 5.91 Å². The van der Waals surface area contributed by atoms with Crippen LogP contribution in [0.25, 0.3) is 0 Å². The van der Waals surface area contributed by atoms with Gasteiger partial charge in [0.1, 0.15) is 5.82 Å². The van der Waals surface area contributed by atoms with Crippen LogP contribution in [-0.2, 0) is 11.2 Å². The monoisotopic (exact) mass is 320 g/mol. The average molecular weight is 320 g/mol. The first-order chi connectivity index (χ1) is 11.0. The molecule has 0 bridgehead atoms. The fourth-order valence-corrected chi connectivity index (χ4v) is 3.44. The zero-order valence-corrected chi connectivity index (χ0v) is 13.1. The maximum Gasteiger partial charge on any atom is 0.256 e. The van der Waals surface area contributed by atoms with Crippen LogP contribution in [0.4, 0.5) is 10.1 Å². The minimum atomic E-state index is -0.630. The maximum atomic E-state index is 14.3. The number of hydrogen-bond acceptors (Lipinski definition) is 3. The molecule has 23 heavy (non-hydrogen) atoms. The van der Waals surface area contributed by atoms with E-state index in [1.54, 1.807) is 7.05 Å². The lowest BCUT2D eigenvalue weighted by Gasteiger charge is -2.24. The van der Waals surface area contributed by atoms with Crippen LogP contribution in [0.5, 0.6) is 0 Å². The van der Waals surface area contributed by atoms with Crippen LogP contribution >= 0.6 is 0 Å². The van der Waals surface area contributed by atoms with Gasteiger partial charge >= 0.3 is 0 Å². The molecule has 1 aliphatic carbocycles. The first-order valence-electron chi connectivity index (χ1n) is 8.01. The van der Waals surface area contributed by atoms with Gasteiger partial charge in [0.05, 0.1) is 11.7 Å². The van der Waals surface area contributed by atoms with Crippen LogP contribution in [0.3, 0.4) is 0 Å². The number of anilines is 1. The normalized spacial score (nSPS) is 23.3. The molecule has 124 valence electrons. The predicted octanol–water partition coefficient (Wildman–Crippen LogP) is 1.94. The highest BCUT2D eigenvalue weighted by Gasteiger charge is 2.29. The lowest BCUT2D eigenvalue weighted by atomic mass is 9.99. The third-order valence-electron chi connectivity index (χ3n) is 4.79. The number of aliphatic hydroxyl groups is 1. The molecule has 2 N–H and O–H groups in total. The Balaban J connectivity index is 1.77. The Labute approximate surface area is 134 Å². The van der Waals surface area contributed by atoms with Gasteiger partial charge < -0.3 is 15.3 Å². The number of benzene rings is 1. The molecule has 1 heterocycles. The molecule has 3 rings (SSSR count). The SMILES string of the molecule is CN(CC1CCCC1O)C(=O)c1cc2c(cc1F)NC(=O)CC2. The second kappa shape index (κ2) is 6.28. The number of carbonyl (C=O) groups excluding carboxylic acids is 2. The molecule has 1 saturated carbocycles. The van der Waals surface area contributed by atoms with E-state index in [2.05, 4.69) is 5.32 Å². The van der Waals surface area contributed by atoms with E-state index in [0.29, 0.717) is 25.1 Å². The van der Waals surface area contributed by atoms with Gasteiger partial charge in [-0.15, -0.1) is 0 Å². The molecule has 2 unspecified atom stereocenters. The number of nitrogens with zero attached hydrogens (tertiary/aromatic N) is 1. The zero-order chi connectivity index (χ0) is 16.6. The molecule has 0 aromatic heterocycles. The topological polar surface area (TPSA) is 69.6 Å². The standard InChI is InChI=1S/C17H21FN2O3/c1-20(9-11-3-2-4-15(11)21)17(23)12-7-10-5-6-16(22)19-14(10)8-13(12)18/h7-8,11,15,21H,2-6,9H2,1H3,(H,19,22). The van der Waals surface area contributed by atoms with Gasteiger partial charge in [0.25, 0.3) is 5.91 Å². The number of aliphatic hydroxyl groups excluding tert-OH is 1. The first kappa shape index (κ1) is 15.9. The van der Waals surface area contributed by atoms with Gasteiger partial charge in [-0.05, 0) is 37.0 Å². The van der Waals surface area contributed by atoms with Gasteiger partial charge in [0, 0.05) is 31.6 Å².